The van der Waals surface area contributed by atoms with Crippen LogP contribution in [0.3, 0.4) is 0 Å². The molecule has 16 heavy (non-hydrogen) atoms. The zero-order valence-electron chi connectivity index (χ0n) is 11.1. The number of hydrogen-bond acceptors (Lipinski definition) is 1. The van der Waals surface area contributed by atoms with E-state index >= 15 is 0 Å². The lowest BCUT2D eigenvalue weighted by Gasteiger charge is -2.30. The van der Waals surface area contributed by atoms with E-state index in [1.165, 1.54) is 19.3 Å². The summed E-state index contributed by atoms with van der Waals surface area (Å²) in [6.45, 7) is 8.78. The molecule has 1 aliphatic rings. The van der Waals surface area contributed by atoms with Crippen molar-refractivity contribution in [3.05, 3.63) is 0 Å². The van der Waals surface area contributed by atoms with Crippen molar-refractivity contribution in [2.24, 2.45) is 23.2 Å². The summed E-state index contributed by atoms with van der Waals surface area (Å²) in [5.41, 5.74) is 0.376. The molecule has 0 amide bonds. The summed E-state index contributed by atoms with van der Waals surface area (Å²) in [5.74, 6) is 0.362. The zero-order chi connectivity index (χ0) is 12.3. The highest BCUT2D eigenvalue weighted by molar-refractivity contribution is 5.69. The van der Waals surface area contributed by atoms with Crippen LogP contribution in [-0.4, -0.2) is 11.1 Å². The van der Waals surface area contributed by atoms with Gasteiger partial charge in [-0.25, -0.2) is 0 Å². The molecule has 2 heteroatoms. The normalized spacial score (nSPS) is 29.5. The lowest BCUT2D eigenvalue weighted by molar-refractivity contribution is -0.143. The van der Waals surface area contributed by atoms with Gasteiger partial charge < -0.3 is 5.11 Å². The Hall–Kier alpha value is -0.530. The molecule has 94 valence electrons. The topological polar surface area (TPSA) is 37.3 Å². The first kappa shape index (κ1) is 13.5. The van der Waals surface area contributed by atoms with Gasteiger partial charge in [-0.1, -0.05) is 34.1 Å². The molecule has 1 fully saturated rings. The number of aliphatic carboxylic acids is 1. The average Bonchev–Trinajstić information content (AvgIpc) is 2.40. The van der Waals surface area contributed by atoms with E-state index in [1.807, 2.05) is 6.92 Å². The standard InChI is InChI=1S/C14H26O2/c1-10(13(15)16)11-6-5-7-12(9-8-11)14(2,3)4/h10-12H,5-9H2,1-4H3,(H,15,16). The SMILES string of the molecule is CC(C(=O)O)C1CCCC(C(C)(C)C)CC1. The van der Waals surface area contributed by atoms with Crippen LogP contribution in [0.2, 0.25) is 0 Å². The van der Waals surface area contributed by atoms with Crippen LogP contribution >= 0.6 is 0 Å². The van der Waals surface area contributed by atoms with Crippen LogP contribution in [-0.2, 0) is 4.79 Å². The molecule has 0 aromatic rings. The second-order valence-electron chi connectivity index (χ2n) is 6.46. The first-order valence-electron chi connectivity index (χ1n) is 6.55. The lowest BCUT2D eigenvalue weighted by atomic mass is 9.76. The quantitative estimate of drug-likeness (QED) is 0.724. The maximum absolute atomic E-state index is 11.0. The van der Waals surface area contributed by atoms with Crippen LogP contribution in [0, 0.1) is 23.2 Å². The van der Waals surface area contributed by atoms with E-state index in [2.05, 4.69) is 20.8 Å². The first-order valence-corrected chi connectivity index (χ1v) is 6.55. The van der Waals surface area contributed by atoms with Crippen molar-refractivity contribution in [3.8, 4) is 0 Å². The maximum Gasteiger partial charge on any atom is 0.306 e. The van der Waals surface area contributed by atoms with Crippen molar-refractivity contribution in [2.45, 2.75) is 59.8 Å². The summed E-state index contributed by atoms with van der Waals surface area (Å²) in [6, 6.07) is 0. The van der Waals surface area contributed by atoms with Gasteiger partial charge in [-0.2, -0.15) is 0 Å². The van der Waals surface area contributed by atoms with E-state index in [-0.39, 0.29) is 5.92 Å². The third-order valence-corrected chi connectivity index (χ3v) is 4.33. The molecule has 0 aliphatic heterocycles. The Balaban J connectivity index is 2.56. The summed E-state index contributed by atoms with van der Waals surface area (Å²) in [5, 5.41) is 9.05. The third kappa shape index (κ3) is 3.50. The minimum absolute atomic E-state index is 0.168. The predicted molar refractivity (Wildman–Crippen MR) is 66.3 cm³/mol. The number of carboxylic acid groups (broad SMARTS) is 1. The van der Waals surface area contributed by atoms with E-state index < -0.39 is 5.97 Å². The van der Waals surface area contributed by atoms with E-state index in [0.717, 1.165) is 18.8 Å². The molecule has 0 radical (unpaired) electrons. The number of rotatable bonds is 2. The van der Waals surface area contributed by atoms with Gasteiger partial charge in [-0.3, -0.25) is 4.79 Å². The van der Waals surface area contributed by atoms with Crippen LogP contribution in [0.5, 0.6) is 0 Å². The molecular formula is C14H26O2. The van der Waals surface area contributed by atoms with Gasteiger partial charge in [0, 0.05) is 0 Å². The Bertz CT molecular complexity index is 240. The Morgan fingerprint density at radius 2 is 1.81 bits per heavy atom. The summed E-state index contributed by atoms with van der Waals surface area (Å²) >= 11 is 0. The van der Waals surface area contributed by atoms with Crippen LogP contribution < -0.4 is 0 Å². The van der Waals surface area contributed by atoms with Gasteiger partial charge in [0.15, 0.2) is 0 Å². The smallest absolute Gasteiger partial charge is 0.306 e. The highest BCUT2D eigenvalue weighted by Crippen LogP contribution is 2.40. The van der Waals surface area contributed by atoms with Crippen molar-refractivity contribution >= 4 is 5.97 Å². The summed E-state index contributed by atoms with van der Waals surface area (Å²) in [6.07, 6.45) is 5.86. The van der Waals surface area contributed by atoms with Crippen molar-refractivity contribution in [1.82, 2.24) is 0 Å². The fourth-order valence-electron chi connectivity index (χ4n) is 2.90. The second-order valence-corrected chi connectivity index (χ2v) is 6.46. The fraction of sp³-hybridized carbons (Fsp3) is 0.929. The van der Waals surface area contributed by atoms with E-state index in [0.29, 0.717) is 11.3 Å². The molecule has 1 N–H and O–H groups in total. The third-order valence-electron chi connectivity index (χ3n) is 4.33. The Morgan fingerprint density at radius 1 is 1.19 bits per heavy atom. The molecule has 2 nitrogen and oxygen atoms in total. The largest absolute Gasteiger partial charge is 0.481 e. The Labute approximate surface area is 99.4 Å². The highest BCUT2D eigenvalue weighted by atomic mass is 16.4. The van der Waals surface area contributed by atoms with E-state index in [9.17, 15) is 4.79 Å². The molecule has 3 unspecified atom stereocenters. The maximum atomic E-state index is 11.0. The molecule has 1 saturated carbocycles. The minimum atomic E-state index is -0.626. The Kier molecular flexibility index (Phi) is 4.40. The van der Waals surface area contributed by atoms with Gasteiger partial charge in [0.2, 0.25) is 0 Å². The first-order chi connectivity index (χ1) is 7.32. The molecule has 0 aromatic heterocycles. The van der Waals surface area contributed by atoms with Crippen LogP contribution in [0.15, 0.2) is 0 Å². The molecule has 1 aliphatic carbocycles. The molecule has 3 atom stereocenters. The molecular weight excluding hydrogens is 200 g/mol. The fourth-order valence-corrected chi connectivity index (χ4v) is 2.90. The molecule has 1 rings (SSSR count). The monoisotopic (exact) mass is 226 g/mol. The van der Waals surface area contributed by atoms with Crippen LogP contribution in [0.4, 0.5) is 0 Å². The molecule has 0 bridgehead atoms. The summed E-state index contributed by atoms with van der Waals surface area (Å²) in [7, 11) is 0. The molecule has 0 heterocycles. The van der Waals surface area contributed by atoms with Gasteiger partial charge in [-0.15, -0.1) is 0 Å². The van der Waals surface area contributed by atoms with Gasteiger partial charge in [0.1, 0.15) is 0 Å². The lowest BCUT2D eigenvalue weighted by Crippen LogP contribution is -2.22. The number of carboxylic acids is 1. The van der Waals surface area contributed by atoms with Crippen molar-refractivity contribution in [2.75, 3.05) is 0 Å². The van der Waals surface area contributed by atoms with Crippen molar-refractivity contribution in [3.63, 3.8) is 0 Å². The Morgan fingerprint density at radius 3 is 2.31 bits per heavy atom. The molecule has 0 aromatic carbocycles. The number of hydrogen-bond donors (Lipinski definition) is 1. The minimum Gasteiger partial charge on any atom is -0.481 e. The van der Waals surface area contributed by atoms with E-state index in [4.69, 9.17) is 5.11 Å². The van der Waals surface area contributed by atoms with Gasteiger partial charge in [0.25, 0.3) is 0 Å². The van der Waals surface area contributed by atoms with Gasteiger partial charge in [0.05, 0.1) is 5.92 Å². The van der Waals surface area contributed by atoms with E-state index in [1.54, 1.807) is 0 Å². The second kappa shape index (κ2) is 5.20. The van der Waals surface area contributed by atoms with Crippen LogP contribution in [0.25, 0.3) is 0 Å². The summed E-state index contributed by atoms with van der Waals surface area (Å²) in [4.78, 5) is 11.0. The van der Waals surface area contributed by atoms with Gasteiger partial charge in [-0.05, 0) is 42.9 Å². The molecule has 0 spiro atoms. The number of carbonyl (C=O) groups is 1. The predicted octanol–water partition coefficient (Wildman–Crippen LogP) is 3.95. The highest BCUT2D eigenvalue weighted by Gasteiger charge is 2.31. The van der Waals surface area contributed by atoms with Gasteiger partial charge >= 0.3 is 5.97 Å². The zero-order valence-corrected chi connectivity index (χ0v) is 11.1. The van der Waals surface area contributed by atoms with Crippen molar-refractivity contribution < 1.29 is 9.90 Å². The van der Waals surface area contributed by atoms with Crippen LogP contribution in [0.1, 0.15) is 59.8 Å². The molecule has 0 saturated heterocycles. The average molecular weight is 226 g/mol. The van der Waals surface area contributed by atoms with Crippen molar-refractivity contribution in [1.29, 1.82) is 0 Å². The summed E-state index contributed by atoms with van der Waals surface area (Å²) < 4.78 is 0.